The molecule has 0 aliphatic carbocycles. The summed E-state index contributed by atoms with van der Waals surface area (Å²) in [6, 6.07) is 18.5. The molecule has 2 N–H and O–H groups in total. The van der Waals surface area contributed by atoms with Crippen molar-refractivity contribution in [3.63, 3.8) is 0 Å². The number of aromatic amines is 2. The van der Waals surface area contributed by atoms with E-state index >= 15 is 0 Å². The first kappa shape index (κ1) is 19.1. The van der Waals surface area contributed by atoms with E-state index in [-0.39, 0.29) is 0 Å². The number of hydrogen-bond donors (Lipinski definition) is 2. The summed E-state index contributed by atoms with van der Waals surface area (Å²) in [5.41, 5.74) is 8.20. The van der Waals surface area contributed by atoms with E-state index in [4.69, 9.17) is 17.2 Å². The Labute approximate surface area is 183 Å². The summed E-state index contributed by atoms with van der Waals surface area (Å²) in [5.74, 6) is 0. The minimum atomic E-state index is 0.382. The van der Waals surface area contributed by atoms with Gasteiger partial charge >= 0.3 is 0 Å². The number of nitrogens with one attached hydrogen (secondary N) is 2. The van der Waals surface area contributed by atoms with Crippen LogP contribution in [0.2, 0.25) is 0 Å². The maximum absolute atomic E-state index is 4.96. The van der Waals surface area contributed by atoms with Crippen molar-refractivity contribution in [2.45, 2.75) is 30.8 Å². The molecule has 1 aliphatic rings. The van der Waals surface area contributed by atoms with Crippen LogP contribution in [-0.2, 0) is 6.54 Å². The standard InChI is InChI=1S/C15H13N3S.C8H8N2S/c1-10-5-4-7-12-14(10)18-9-13(19-15(18)17-12)11-6-2-3-8-16-11;1-5-3-2-4-6-7(5)10-8(11)9-6/h2-8,13H,9H2,1H3;2-4H,1H3,(H2,9,10,11). The molecule has 3 aromatic heterocycles. The molecule has 1 unspecified atom stereocenters. The molecule has 0 spiro atoms. The molecule has 1 aliphatic heterocycles. The van der Waals surface area contributed by atoms with Crippen LogP contribution in [-0.4, -0.2) is 24.5 Å². The Kier molecular flexibility index (Phi) is 4.92. The summed E-state index contributed by atoms with van der Waals surface area (Å²) in [7, 11) is 0. The molecule has 5 nitrogen and oxygen atoms in total. The predicted molar refractivity (Wildman–Crippen MR) is 126 cm³/mol. The second kappa shape index (κ2) is 7.74. The van der Waals surface area contributed by atoms with Crippen molar-refractivity contribution in [2.24, 2.45) is 0 Å². The smallest absolute Gasteiger partial charge is 0.175 e. The second-order valence-corrected chi connectivity index (χ2v) is 8.96. The van der Waals surface area contributed by atoms with Crippen molar-refractivity contribution in [3.8, 4) is 0 Å². The fraction of sp³-hybridized carbons (Fsp3) is 0.174. The average Bonchev–Trinajstić information content (AvgIpc) is 3.42. The lowest BCUT2D eigenvalue weighted by atomic mass is 10.2. The molecule has 0 radical (unpaired) electrons. The summed E-state index contributed by atoms with van der Waals surface area (Å²) in [6.07, 6.45) is 1.86. The van der Waals surface area contributed by atoms with Crippen molar-refractivity contribution in [1.29, 1.82) is 0 Å². The summed E-state index contributed by atoms with van der Waals surface area (Å²) in [4.78, 5) is 15.3. The van der Waals surface area contributed by atoms with Gasteiger partial charge in [-0.2, -0.15) is 0 Å². The van der Waals surface area contributed by atoms with Crippen molar-refractivity contribution in [2.75, 3.05) is 0 Å². The molecule has 5 aromatic rings. The van der Waals surface area contributed by atoms with Gasteiger partial charge in [-0.05, 0) is 61.5 Å². The predicted octanol–water partition coefficient (Wildman–Crippen LogP) is 6.12. The van der Waals surface area contributed by atoms with Crippen LogP contribution in [0.1, 0.15) is 22.1 Å². The summed E-state index contributed by atoms with van der Waals surface area (Å²) in [6.45, 7) is 5.16. The van der Waals surface area contributed by atoms with Gasteiger partial charge < -0.3 is 14.5 Å². The lowest BCUT2D eigenvalue weighted by Crippen LogP contribution is -2.01. The molecule has 0 fully saturated rings. The van der Waals surface area contributed by atoms with Gasteiger partial charge in [-0.15, -0.1) is 0 Å². The van der Waals surface area contributed by atoms with E-state index in [1.54, 1.807) is 0 Å². The molecule has 7 heteroatoms. The number of thioether (sulfide) groups is 1. The molecular formula is C23H21N5S2. The number of para-hydroxylation sites is 2. The van der Waals surface area contributed by atoms with E-state index in [9.17, 15) is 0 Å². The Bertz CT molecular complexity index is 1400. The van der Waals surface area contributed by atoms with E-state index in [2.05, 4.69) is 63.7 Å². The molecule has 2 aromatic carbocycles. The molecule has 0 bridgehead atoms. The first-order valence-corrected chi connectivity index (χ1v) is 11.1. The van der Waals surface area contributed by atoms with E-state index in [1.165, 1.54) is 16.6 Å². The molecule has 4 heterocycles. The van der Waals surface area contributed by atoms with Gasteiger partial charge in [0.05, 0.1) is 33.0 Å². The van der Waals surface area contributed by atoms with E-state index in [1.807, 2.05) is 42.2 Å². The first-order chi connectivity index (χ1) is 14.6. The number of benzene rings is 2. The highest BCUT2D eigenvalue weighted by Gasteiger charge is 2.28. The number of H-pyrrole nitrogens is 2. The number of pyridine rings is 1. The van der Waals surface area contributed by atoms with Crippen LogP contribution < -0.4 is 0 Å². The maximum Gasteiger partial charge on any atom is 0.175 e. The normalized spacial score (nSPS) is 15.2. The number of imidazole rings is 2. The minimum absolute atomic E-state index is 0.382. The third-order valence-electron chi connectivity index (χ3n) is 5.31. The van der Waals surface area contributed by atoms with Gasteiger partial charge in [-0.3, -0.25) is 4.98 Å². The fourth-order valence-electron chi connectivity index (χ4n) is 3.86. The highest BCUT2D eigenvalue weighted by atomic mass is 32.2. The fourth-order valence-corrected chi connectivity index (χ4v) is 5.25. The van der Waals surface area contributed by atoms with E-state index in [0.717, 1.165) is 33.9 Å². The van der Waals surface area contributed by atoms with Crippen LogP contribution in [0, 0.1) is 18.6 Å². The van der Waals surface area contributed by atoms with Gasteiger partial charge in [0, 0.05) is 12.7 Å². The third-order valence-corrected chi connectivity index (χ3v) is 6.71. The zero-order valence-electron chi connectivity index (χ0n) is 16.7. The molecule has 30 heavy (non-hydrogen) atoms. The molecule has 1 atom stereocenters. The zero-order chi connectivity index (χ0) is 20.7. The SMILES string of the molecule is Cc1cccc2[nH]c(=S)[nH]c12.Cc1cccc2nc3n(c12)CC(c1ccccn1)S3. The van der Waals surface area contributed by atoms with Crippen LogP contribution in [0.4, 0.5) is 0 Å². The van der Waals surface area contributed by atoms with Gasteiger partial charge in [-0.1, -0.05) is 42.1 Å². The van der Waals surface area contributed by atoms with Crippen LogP contribution in [0.3, 0.4) is 0 Å². The van der Waals surface area contributed by atoms with Crippen molar-refractivity contribution < 1.29 is 0 Å². The zero-order valence-corrected chi connectivity index (χ0v) is 18.3. The highest BCUT2D eigenvalue weighted by molar-refractivity contribution is 7.99. The number of aromatic nitrogens is 5. The second-order valence-electron chi connectivity index (χ2n) is 7.39. The van der Waals surface area contributed by atoms with Crippen molar-refractivity contribution in [1.82, 2.24) is 24.5 Å². The van der Waals surface area contributed by atoms with Gasteiger partial charge in [0.15, 0.2) is 9.93 Å². The van der Waals surface area contributed by atoms with Crippen molar-refractivity contribution in [3.05, 3.63) is 82.4 Å². The highest BCUT2D eigenvalue weighted by Crippen LogP contribution is 2.43. The Hall–Kier alpha value is -2.90. The van der Waals surface area contributed by atoms with Crippen LogP contribution in [0.25, 0.3) is 22.1 Å². The summed E-state index contributed by atoms with van der Waals surface area (Å²) in [5, 5.41) is 1.49. The Morgan fingerprint density at radius 2 is 1.83 bits per heavy atom. The van der Waals surface area contributed by atoms with Gasteiger partial charge in [0.1, 0.15) is 0 Å². The van der Waals surface area contributed by atoms with E-state index < -0.39 is 0 Å². The third kappa shape index (κ3) is 3.44. The lowest BCUT2D eigenvalue weighted by molar-refractivity contribution is 0.673. The Morgan fingerprint density at radius 3 is 2.63 bits per heavy atom. The number of fused-ring (bicyclic) bond motifs is 4. The van der Waals surface area contributed by atoms with Gasteiger partial charge in [0.2, 0.25) is 0 Å². The Morgan fingerprint density at radius 1 is 1.00 bits per heavy atom. The molecule has 0 saturated carbocycles. The lowest BCUT2D eigenvalue weighted by Gasteiger charge is -2.08. The molecule has 0 saturated heterocycles. The largest absolute Gasteiger partial charge is 0.331 e. The first-order valence-electron chi connectivity index (χ1n) is 9.81. The quantitative estimate of drug-likeness (QED) is 0.314. The van der Waals surface area contributed by atoms with Crippen LogP contribution in [0.15, 0.2) is 66.0 Å². The molecule has 150 valence electrons. The van der Waals surface area contributed by atoms with Gasteiger partial charge in [0.25, 0.3) is 0 Å². The van der Waals surface area contributed by atoms with E-state index in [0.29, 0.717) is 10.0 Å². The van der Waals surface area contributed by atoms with Gasteiger partial charge in [-0.25, -0.2) is 4.98 Å². The topological polar surface area (TPSA) is 62.3 Å². The maximum atomic E-state index is 4.96. The Balaban J connectivity index is 0.000000149. The summed E-state index contributed by atoms with van der Waals surface area (Å²) >= 11 is 6.77. The summed E-state index contributed by atoms with van der Waals surface area (Å²) < 4.78 is 3.02. The molecular weight excluding hydrogens is 410 g/mol. The van der Waals surface area contributed by atoms with Crippen molar-refractivity contribution >= 4 is 46.0 Å². The number of hydrogen-bond acceptors (Lipinski definition) is 4. The van der Waals surface area contributed by atoms with Crippen LogP contribution >= 0.6 is 24.0 Å². The number of rotatable bonds is 1. The molecule has 0 amide bonds. The number of aryl methyl sites for hydroxylation is 2. The molecule has 6 rings (SSSR count). The monoisotopic (exact) mass is 431 g/mol. The minimum Gasteiger partial charge on any atom is -0.331 e. The average molecular weight is 432 g/mol. The number of nitrogens with zero attached hydrogens (tertiary/aromatic N) is 3. The van der Waals surface area contributed by atoms with Crippen LogP contribution in [0.5, 0.6) is 0 Å².